The lowest BCUT2D eigenvalue weighted by molar-refractivity contribution is 0.422. The van der Waals surface area contributed by atoms with Gasteiger partial charge >= 0.3 is 0 Å². The lowest BCUT2D eigenvalue weighted by Crippen LogP contribution is -1.53. The van der Waals surface area contributed by atoms with Crippen molar-refractivity contribution in [2.45, 2.75) is 0 Å². The summed E-state index contributed by atoms with van der Waals surface area (Å²) in [5, 5.41) is 0. The Labute approximate surface area is 46.2 Å². The van der Waals surface area contributed by atoms with E-state index in [-0.39, 0.29) is 0 Å². The maximum Gasteiger partial charge on any atom is 0.278 e. The lowest BCUT2D eigenvalue weighted by Gasteiger charge is -1.64. The van der Waals surface area contributed by atoms with Gasteiger partial charge < -0.3 is 0 Å². The van der Waals surface area contributed by atoms with Crippen LogP contribution < -0.4 is 0 Å². The van der Waals surface area contributed by atoms with Crippen molar-refractivity contribution in [1.29, 1.82) is 0 Å². The second-order valence-electron chi connectivity index (χ2n) is 0.848. The molecule has 0 aromatic rings. The minimum absolute atomic E-state index is 0.458. The highest BCUT2D eigenvalue weighted by Crippen LogP contribution is 1.92. The number of rotatable bonds is 0. The van der Waals surface area contributed by atoms with Gasteiger partial charge in [0.25, 0.3) is 6.08 Å². The van der Waals surface area contributed by atoms with Gasteiger partial charge in [-0.2, -0.15) is 8.78 Å². The Morgan fingerprint density at radius 2 is 2.12 bits per heavy atom. The molecule has 0 aliphatic carbocycles. The fourth-order valence-corrected chi connectivity index (χ4v) is 0.132. The predicted octanol–water partition coefficient (Wildman–Crippen LogP) is 1.40. The van der Waals surface area contributed by atoms with Crippen LogP contribution in [-0.2, 0) is 0 Å². The zero-order chi connectivity index (χ0) is 6.41. The first-order chi connectivity index (χ1) is 3.77. The van der Waals surface area contributed by atoms with Gasteiger partial charge in [0.1, 0.15) is 0 Å². The Morgan fingerprint density at radius 3 is 2.50 bits per heavy atom. The molecule has 0 spiro atoms. The van der Waals surface area contributed by atoms with Crippen LogP contribution in [0.25, 0.3) is 0 Å². The van der Waals surface area contributed by atoms with Crippen molar-refractivity contribution in [2.24, 2.45) is 0 Å². The van der Waals surface area contributed by atoms with E-state index in [2.05, 4.69) is 6.42 Å². The van der Waals surface area contributed by atoms with E-state index in [1.807, 2.05) is 17.8 Å². The molecular formula is C6H2F2. The van der Waals surface area contributed by atoms with Gasteiger partial charge in [-0.05, 0) is 11.8 Å². The molecule has 0 aliphatic rings. The van der Waals surface area contributed by atoms with E-state index in [0.29, 0.717) is 6.08 Å². The van der Waals surface area contributed by atoms with Crippen molar-refractivity contribution < 1.29 is 8.78 Å². The fourth-order valence-electron chi connectivity index (χ4n) is 0.132. The van der Waals surface area contributed by atoms with Crippen LogP contribution in [0.3, 0.4) is 0 Å². The van der Waals surface area contributed by atoms with Gasteiger partial charge in [0.05, 0.1) is 6.08 Å². The molecule has 0 fully saturated rings. The third-order valence-electron chi connectivity index (χ3n) is 0.326. The average molecular weight is 112 g/mol. The topological polar surface area (TPSA) is 0 Å². The Morgan fingerprint density at radius 1 is 1.50 bits per heavy atom. The zero-order valence-electron chi connectivity index (χ0n) is 3.91. The van der Waals surface area contributed by atoms with Crippen molar-refractivity contribution in [3.8, 4) is 24.2 Å². The van der Waals surface area contributed by atoms with Crippen molar-refractivity contribution in [3.05, 3.63) is 12.2 Å². The molecule has 0 aromatic carbocycles. The number of halogens is 2. The van der Waals surface area contributed by atoms with E-state index in [4.69, 9.17) is 0 Å². The van der Waals surface area contributed by atoms with Crippen molar-refractivity contribution >= 4 is 0 Å². The summed E-state index contributed by atoms with van der Waals surface area (Å²) in [7, 11) is 0. The molecule has 0 N–H and O–H groups in total. The smallest absolute Gasteiger partial charge is 0.173 e. The van der Waals surface area contributed by atoms with E-state index in [9.17, 15) is 8.78 Å². The highest BCUT2D eigenvalue weighted by Gasteiger charge is 1.78. The van der Waals surface area contributed by atoms with Crippen LogP contribution >= 0.6 is 0 Å². The molecule has 0 saturated carbocycles. The van der Waals surface area contributed by atoms with Gasteiger partial charge in [0.15, 0.2) is 0 Å². The molecular weight excluding hydrogens is 110 g/mol. The molecule has 0 saturated heterocycles. The summed E-state index contributed by atoms with van der Waals surface area (Å²) in [5.74, 6) is 5.82. The fraction of sp³-hybridized carbons (Fsp3) is 0. The van der Waals surface area contributed by atoms with Gasteiger partial charge in [-0.3, -0.25) is 0 Å². The Balaban J connectivity index is 3.80. The average Bonchev–Trinajstić information content (AvgIpc) is 1.66. The maximum atomic E-state index is 11.0. The number of hydrogen-bond donors (Lipinski definition) is 0. The SMILES string of the molecule is C#CC#CC=C(F)F. The number of allylic oxidation sites excluding steroid dienone is 1. The summed E-state index contributed by atoms with van der Waals surface area (Å²) in [5.41, 5.74) is 0. The minimum Gasteiger partial charge on any atom is -0.173 e. The maximum absolute atomic E-state index is 11.0. The summed E-state index contributed by atoms with van der Waals surface area (Å²) < 4.78 is 22.1. The van der Waals surface area contributed by atoms with Crippen LogP contribution in [0, 0.1) is 24.2 Å². The number of terminal acetylenes is 1. The zero-order valence-corrected chi connectivity index (χ0v) is 3.91. The lowest BCUT2D eigenvalue weighted by atomic mass is 10.6. The molecule has 0 nitrogen and oxygen atoms in total. The van der Waals surface area contributed by atoms with Crippen LogP contribution in [0.4, 0.5) is 8.78 Å². The molecule has 0 unspecified atom stereocenters. The Bertz CT molecular complexity index is 181. The van der Waals surface area contributed by atoms with E-state index in [0.717, 1.165) is 0 Å². The largest absolute Gasteiger partial charge is 0.278 e. The van der Waals surface area contributed by atoms with Gasteiger partial charge in [0.2, 0.25) is 0 Å². The molecule has 0 heterocycles. The molecule has 0 aromatic heterocycles. The third-order valence-corrected chi connectivity index (χ3v) is 0.326. The molecule has 0 rings (SSSR count). The summed E-state index contributed by atoms with van der Waals surface area (Å²) in [6.45, 7) is 0. The van der Waals surface area contributed by atoms with E-state index in [1.165, 1.54) is 0 Å². The molecule has 0 aliphatic heterocycles. The van der Waals surface area contributed by atoms with Crippen LogP contribution in [0.1, 0.15) is 0 Å². The van der Waals surface area contributed by atoms with E-state index >= 15 is 0 Å². The van der Waals surface area contributed by atoms with Crippen LogP contribution in [0.15, 0.2) is 12.2 Å². The Kier molecular flexibility index (Phi) is 3.27. The van der Waals surface area contributed by atoms with Gasteiger partial charge in [0, 0.05) is 0 Å². The quantitative estimate of drug-likeness (QED) is 0.415. The normalized spacial score (nSPS) is 5.62. The highest BCUT2D eigenvalue weighted by molar-refractivity contribution is 5.28. The molecule has 0 radical (unpaired) electrons. The van der Waals surface area contributed by atoms with Crippen LogP contribution in [0.2, 0.25) is 0 Å². The van der Waals surface area contributed by atoms with Crippen molar-refractivity contribution in [2.75, 3.05) is 0 Å². The second kappa shape index (κ2) is 3.89. The predicted molar refractivity (Wildman–Crippen MR) is 26.9 cm³/mol. The van der Waals surface area contributed by atoms with E-state index < -0.39 is 6.08 Å². The van der Waals surface area contributed by atoms with Crippen molar-refractivity contribution in [3.63, 3.8) is 0 Å². The number of hydrogen-bond acceptors (Lipinski definition) is 0. The first-order valence-electron chi connectivity index (χ1n) is 1.74. The van der Waals surface area contributed by atoms with Gasteiger partial charge in [-0.25, -0.2) is 0 Å². The minimum atomic E-state index is -1.83. The van der Waals surface area contributed by atoms with Gasteiger partial charge in [-0.15, -0.1) is 6.42 Å². The standard InChI is InChI=1S/C6H2F2/c1-2-3-4-5-6(7)8/h1,5H. The molecule has 40 valence electrons. The van der Waals surface area contributed by atoms with Crippen molar-refractivity contribution in [1.82, 2.24) is 0 Å². The first kappa shape index (κ1) is 6.72. The Hall–Kier alpha value is -1.28. The summed E-state index contributed by atoms with van der Waals surface area (Å²) in [6.07, 6.45) is 3.25. The molecule has 0 atom stereocenters. The molecule has 0 bridgehead atoms. The van der Waals surface area contributed by atoms with Gasteiger partial charge in [-0.1, -0.05) is 5.92 Å². The molecule has 0 amide bonds. The summed E-state index contributed by atoms with van der Waals surface area (Å²) in [6, 6.07) is 0. The first-order valence-corrected chi connectivity index (χ1v) is 1.74. The van der Waals surface area contributed by atoms with Crippen LogP contribution in [-0.4, -0.2) is 0 Å². The van der Waals surface area contributed by atoms with E-state index in [1.54, 1.807) is 0 Å². The second-order valence-corrected chi connectivity index (χ2v) is 0.848. The summed E-state index contributed by atoms with van der Waals surface area (Å²) in [4.78, 5) is 0. The third kappa shape index (κ3) is 4.72. The molecule has 2 heteroatoms. The summed E-state index contributed by atoms with van der Waals surface area (Å²) >= 11 is 0. The molecule has 8 heavy (non-hydrogen) atoms. The van der Waals surface area contributed by atoms with Crippen LogP contribution in [0.5, 0.6) is 0 Å². The highest BCUT2D eigenvalue weighted by atomic mass is 19.3. The monoisotopic (exact) mass is 112 g/mol.